The Morgan fingerprint density at radius 1 is 1.25 bits per heavy atom. The summed E-state index contributed by atoms with van der Waals surface area (Å²) in [4.78, 5) is 19.3. The van der Waals surface area contributed by atoms with Crippen LogP contribution in [0.4, 0.5) is 11.8 Å². The SMILES string of the molecule is CCn1nc(C)cc1Nc1nc2cc(C(N)=O)cc(OCCCN3CCOCC3)c2n1C/C=C/CN. The summed E-state index contributed by atoms with van der Waals surface area (Å²) in [5.74, 6) is 1.49. The van der Waals surface area contributed by atoms with Gasteiger partial charge in [-0.3, -0.25) is 9.69 Å². The summed E-state index contributed by atoms with van der Waals surface area (Å²) in [5.41, 5.74) is 14.0. The minimum atomic E-state index is -0.526. The number of carbonyl (C=O) groups is 1. The van der Waals surface area contributed by atoms with Gasteiger partial charge >= 0.3 is 0 Å². The molecular weight excluding hydrogens is 460 g/mol. The van der Waals surface area contributed by atoms with Crippen LogP contribution in [0.1, 0.15) is 29.4 Å². The molecule has 1 fully saturated rings. The number of rotatable bonds is 12. The van der Waals surface area contributed by atoms with Gasteiger partial charge < -0.3 is 30.8 Å². The molecule has 0 bridgehead atoms. The van der Waals surface area contributed by atoms with Crippen LogP contribution in [0.5, 0.6) is 5.75 Å². The normalized spacial score (nSPS) is 14.6. The van der Waals surface area contributed by atoms with E-state index in [2.05, 4.69) is 15.3 Å². The fourth-order valence-corrected chi connectivity index (χ4v) is 4.33. The molecule has 11 nitrogen and oxygen atoms in total. The van der Waals surface area contributed by atoms with Gasteiger partial charge in [-0.25, -0.2) is 9.67 Å². The van der Waals surface area contributed by atoms with Crippen LogP contribution in [-0.4, -0.2) is 76.1 Å². The first kappa shape index (κ1) is 25.7. The Morgan fingerprint density at radius 3 is 2.78 bits per heavy atom. The highest BCUT2D eigenvalue weighted by Gasteiger charge is 2.19. The predicted octanol–water partition coefficient (Wildman–Crippen LogP) is 2.02. The van der Waals surface area contributed by atoms with Gasteiger partial charge in [0.25, 0.3) is 0 Å². The largest absolute Gasteiger partial charge is 0.491 e. The second-order valence-corrected chi connectivity index (χ2v) is 8.73. The number of imidazole rings is 1. The number of fused-ring (bicyclic) bond motifs is 1. The molecule has 1 aliphatic rings. The van der Waals surface area contributed by atoms with E-state index in [9.17, 15) is 4.79 Å². The van der Waals surface area contributed by atoms with Crippen molar-refractivity contribution in [2.45, 2.75) is 33.4 Å². The number of morpholine rings is 1. The van der Waals surface area contributed by atoms with E-state index in [1.165, 1.54) is 0 Å². The number of benzene rings is 1. The first-order valence-electron chi connectivity index (χ1n) is 12.4. The molecule has 36 heavy (non-hydrogen) atoms. The minimum Gasteiger partial charge on any atom is -0.491 e. The van der Waals surface area contributed by atoms with Crippen LogP contribution in [-0.2, 0) is 17.8 Å². The Hall–Kier alpha value is -3.41. The van der Waals surface area contributed by atoms with Crippen molar-refractivity contribution in [1.29, 1.82) is 0 Å². The molecular formula is C25H36N8O3. The van der Waals surface area contributed by atoms with Crippen molar-refractivity contribution in [3.8, 4) is 5.75 Å². The van der Waals surface area contributed by atoms with E-state index in [-0.39, 0.29) is 0 Å². The van der Waals surface area contributed by atoms with Gasteiger partial charge in [-0.05, 0) is 32.4 Å². The number of aryl methyl sites for hydroxylation is 2. The van der Waals surface area contributed by atoms with E-state index in [1.807, 2.05) is 41.3 Å². The number of nitrogens with two attached hydrogens (primary N) is 2. The zero-order valence-electron chi connectivity index (χ0n) is 21.1. The third kappa shape index (κ3) is 6.04. The van der Waals surface area contributed by atoms with Crippen molar-refractivity contribution in [3.63, 3.8) is 0 Å². The molecule has 3 heterocycles. The Bertz CT molecular complexity index is 1210. The van der Waals surface area contributed by atoms with Gasteiger partial charge in [-0.2, -0.15) is 5.10 Å². The molecule has 0 saturated carbocycles. The Labute approximate surface area is 211 Å². The molecule has 1 aromatic carbocycles. The summed E-state index contributed by atoms with van der Waals surface area (Å²) in [7, 11) is 0. The monoisotopic (exact) mass is 496 g/mol. The maximum Gasteiger partial charge on any atom is 0.248 e. The molecule has 3 aromatic rings. The summed E-state index contributed by atoms with van der Waals surface area (Å²) in [6.45, 7) is 10.5. The molecule has 2 aromatic heterocycles. The first-order chi connectivity index (χ1) is 17.5. The zero-order chi connectivity index (χ0) is 25.5. The van der Waals surface area contributed by atoms with Crippen LogP contribution >= 0.6 is 0 Å². The molecule has 0 radical (unpaired) electrons. The molecule has 1 aliphatic heterocycles. The van der Waals surface area contributed by atoms with Crippen molar-refractivity contribution < 1.29 is 14.3 Å². The number of primary amides is 1. The lowest BCUT2D eigenvalue weighted by Crippen LogP contribution is -2.37. The third-order valence-corrected chi connectivity index (χ3v) is 6.10. The Morgan fingerprint density at radius 2 is 2.06 bits per heavy atom. The standard InChI is InChI=1S/C25H36N8O3/c1-3-33-22(15-18(2)30-33)29-25-28-20-16-19(24(27)34)17-21(23(20)32(25)9-5-4-7-26)36-12-6-8-31-10-13-35-14-11-31/h4-5,15-17H,3,6-14,26H2,1-2H3,(H2,27,34)(H,28,29)/b5-4+. The summed E-state index contributed by atoms with van der Waals surface area (Å²) >= 11 is 0. The van der Waals surface area contributed by atoms with Crippen LogP contribution < -0.4 is 21.5 Å². The van der Waals surface area contributed by atoms with Crippen molar-refractivity contribution in [2.75, 3.05) is 51.3 Å². The number of aromatic nitrogens is 4. The molecule has 194 valence electrons. The fourth-order valence-electron chi connectivity index (χ4n) is 4.33. The average Bonchev–Trinajstić information content (AvgIpc) is 3.41. The number of hydrogen-bond donors (Lipinski definition) is 3. The fraction of sp³-hybridized carbons (Fsp3) is 0.480. The molecule has 5 N–H and O–H groups in total. The quantitative estimate of drug-likeness (QED) is 0.256. The van der Waals surface area contributed by atoms with Gasteiger partial charge in [-0.1, -0.05) is 12.2 Å². The number of nitrogens with one attached hydrogen (secondary N) is 1. The van der Waals surface area contributed by atoms with Gasteiger partial charge in [-0.15, -0.1) is 0 Å². The number of amides is 1. The lowest BCUT2D eigenvalue weighted by atomic mass is 10.1. The molecule has 11 heteroatoms. The van der Waals surface area contributed by atoms with Crippen molar-refractivity contribution in [2.24, 2.45) is 11.5 Å². The Balaban J connectivity index is 1.67. The summed E-state index contributed by atoms with van der Waals surface area (Å²) < 4.78 is 15.6. The van der Waals surface area contributed by atoms with Gasteiger partial charge in [0.1, 0.15) is 17.1 Å². The molecule has 1 saturated heterocycles. The maximum absolute atomic E-state index is 12.1. The van der Waals surface area contributed by atoms with E-state index < -0.39 is 5.91 Å². The highest BCUT2D eigenvalue weighted by molar-refractivity contribution is 5.99. The lowest BCUT2D eigenvalue weighted by molar-refractivity contribution is 0.0358. The summed E-state index contributed by atoms with van der Waals surface area (Å²) in [6, 6.07) is 5.38. The van der Waals surface area contributed by atoms with E-state index in [4.69, 9.17) is 25.9 Å². The van der Waals surface area contributed by atoms with E-state index in [1.54, 1.807) is 12.1 Å². The molecule has 0 spiro atoms. The number of carbonyl (C=O) groups excluding carboxylic acids is 1. The van der Waals surface area contributed by atoms with E-state index in [0.717, 1.165) is 56.3 Å². The smallest absolute Gasteiger partial charge is 0.248 e. The molecule has 0 unspecified atom stereocenters. The topological polar surface area (TPSA) is 138 Å². The Kier molecular flexibility index (Phi) is 8.57. The lowest BCUT2D eigenvalue weighted by Gasteiger charge is -2.26. The van der Waals surface area contributed by atoms with E-state index in [0.29, 0.717) is 49.0 Å². The highest BCUT2D eigenvalue weighted by Crippen LogP contribution is 2.32. The zero-order valence-corrected chi connectivity index (χ0v) is 21.1. The van der Waals surface area contributed by atoms with Gasteiger partial charge in [0.2, 0.25) is 11.9 Å². The van der Waals surface area contributed by atoms with Crippen LogP contribution in [0.3, 0.4) is 0 Å². The van der Waals surface area contributed by atoms with Crippen LogP contribution in [0.2, 0.25) is 0 Å². The van der Waals surface area contributed by atoms with Crippen LogP contribution in [0.15, 0.2) is 30.4 Å². The maximum atomic E-state index is 12.1. The van der Waals surface area contributed by atoms with Crippen LogP contribution in [0, 0.1) is 6.92 Å². The minimum absolute atomic E-state index is 0.355. The van der Waals surface area contributed by atoms with Crippen LogP contribution in [0.25, 0.3) is 11.0 Å². The molecule has 1 amide bonds. The van der Waals surface area contributed by atoms with Gasteiger partial charge in [0.05, 0.1) is 31.0 Å². The van der Waals surface area contributed by atoms with Gasteiger partial charge in [0, 0.05) is 50.9 Å². The number of allylic oxidation sites excluding steroid dienone is 1. The van der Waals surface area contributed by atoms with Crippen molar-refractivity contribution >= 4 is 28.7 Å². The number of nitrogens with zero attached hydrogens (tertiary/aromatic N) is 5. The second kappa shape index (κ2) is 12.0. The summed E-state index contributed by atoms with van der Waals surface area (Å²) in [6.07, 6.45) is 4.74. The number of ether oxygens (including phenoxy) is 2. The molecule has 0 atom stereocenters. The average molecular weight is 497 g/mol. The molecule has 0 aliphatic carbocycles. The van der Waals surface area contributed by atoms with Crippen molar-refractivity contribution in [3.05, 3.63) is 41.6 Å². The van der Waals surface area contributed by atoms with Crippen molar-refractivity contribution in [1.82, 2.24) is 24.2 Å². The van der Waals surface area contributed by atoms with Gasteiger partial charge in [0.15, 0.2) is 0 Å². The second-order valence-electron chi connectivity index (χ2n) is 8.73. The first-order valence-corrected chi connectivity index (χ1v) is 12.4. The summed E-state index contributed by atoms with van der Waals surface area (Å²) in [5, 5.41) is 7.93. The van der Waals surface area contributed by atoms with E-state index >= 15 is 0 Å². The third-order valence-electron chi connectivity index (χ3n) is 6.10. The highest BCUT2D eigenvalue weighted by atomic mass is 16.5. The predicted molar refractivity (Wildman–Crippen MR) is 140 cm³/mol. The molecule has 4 rings (SSSR count). The number of hydrogen-bond acceptors (Lipinski definition) is 8. The number of anilines is 2.